The van der Waals surface area contributed by atoms with Gasteiger partial charge in [0.05, 0.1) is 28.8 Å². The Bertz CT molecular complexity index is 1540. The number of anilines is 1. The van der Waals surface area contributed by atoms with Gasteiger partial charge in [0.2, 0.25) is 15.9 Å². The molecule has 0 saturated carbocycles. The average Bonchev–Trinajstić information content (AvgIpc) is 3.56. The molecule has 10 heteroatoms. The average molecular weight is 537 g/mol. The van der Waals surface area contributed by atoms with Crippen molar-refractivity contribution in [2.24, 2.45) is 0 Å². The van der Waals surface area contributed by atoms with Crippen molar-refractivity contribution in [3.05, 3.63) is 77.6 Å². The zero-order valence-corrected chi connectivity index (χ0v) is 22.6. The third kappa shape index (κ3) is 4.96. The number of hydrogen-bond donors (Lipinski definition) is 0. The zero-order valence-electron chi connectivity index (χ0n) is 20.9. The molecule has 1 atom stereocenters. The van der Waals surface area contributed by atoms with Crippen molar-refractivity contribution >= 4 is 42.6 Å². The summed E-state index contributed by atoms with van der Waals surface area (Å²) in [5.41, 5.74) is 3.86. The number of nitrogens with zero attached hydrogens (tertiary/aromatic N) is 4. The van der Waals surface area contributed by atoms with Crippen LogP contribution in [0.25, 0.3) is 10.2 Å². The fourth-order valence-electron chi connectivity index (χ4n) is 4.73. The number of methoxy groups -OCH3 is 1. The molecular weight excluding hydrogens is 508 g/mol. The van der Waals surface area contributed by atoms with Crippen molar-refractivity contribution in [3.63, 3.8) is 0 Å². The largest absolute Gasteiger partial charge is 0.497 e. The van der Waals surface area contributed by atoms with Crippen LogP contribution in [0.1, 0.15) is 29.5 Å². The van der Waals surface area contributed by atoms with Gasteiger partial charge in [-0.05, 0) is 79.8 Å². The molecule has 1 aliphatic rings. The summed E-state index contributed by atoms with van der Waals surface area (Å²) < 4.78 is 34.7. The van der Waals surface area contributed by atoms with Crippen LogP contribution in [0.4, 0.5) is 5.13 Å². The molecule has 0 spiro atoms. The molecule has 5 rings (SSSR count). The van der Waals surface area contributed by atoms with E-state index in [1.165, 1.54) is 34.9 Å². The first-order chi connectivity index (χ1) is 17.8. The second-order valence-corrected chi connectivity index (χ2v) is 12.0. The number of aryl methyl sites for hydroxylation is 2. The third-order valence-corrected chi connectivity index (χ3v) is 9.68. The van der Waals surface area contributed by atoms with Crippen LogP contribution in [0.3, 0.4) is 0 Å². The fraction of sp³-hybridized carbons (Fsp3) is 0.296. The minimum Gasteiger partial charge on any atom is -0.497 e. The number of carbonyl (C=O) groups is 1. The van der Waals surface area contributed by atoms with E-state index in [-0.39, 0.29) is 23.9 Å². The highest BCUT2D eigenvalue weighted by Crippen LogP contribution is 2.35. The molecule has 3 heterocycles. The molecule has 192 valence electrons. The second kappa shape index (κ2) is 10.2. The maximum Gasteiger partial charge on any atom is 0.247 e. The lowest BCUT2D eigenvalue weighted by atomic mass is 10.1. The van der Waals surface area contributed by atoms with E-state index in [1.54, 1.807) is 29.4 Å². The number of fused-ring (bicyclic) bond motifs is 1. The van der Waals surface area contributed by atoms with Gasteiger partial charge in [0, 0.05) is 18.9 Å². The lowest BCUT2D eigenvalue weighted by molar-refractivity contribution is -0.121. The number of carbonyl (C=O) groups excluding carboxylic acids is 1. The van der Waals surface area contributed by atoms with Crippen LogP contribution in [0.15, 0.2) is 65.8 Å². The highest BCUT2D eigenvalue weighted by atomic mass is 32.2. The summed E-state index contributed by atoms with van der Waals surface area (Å²) in [6.45, 7) is 4.58. The number of benzene rings is 2. The monoisotopic (exact) mass is 536 g/mol. The van der Waals surface area contributed by atoms with E-state index in [4.69, 9.17) is 9.72 Å². The summed E-state index contributed by atoms with van der Waals surface area (Å²) in [5, 5.41) is 0.547. The summed E-state index contributed by atoms with van der Waals surface area (Å²) >= 11 is 1.45. The van der Waals surface area contributed by atoms with Crippen LogP contribution in [-0.4, -0.2) is 48.3 Å². The number of hydrogen-bond acceptors (Lipinski definition) is 7. The van der Waals surface area contributed by atoms with Gasteiger partial charge < -0.3 is 4.74 Å². The third-order valence-electron chi connectivity index (χ3n) is 6.52. The Morgan fingerprint density at radius 1 is 1.19 bits per heavy atom. The normalized spacial score (nSPS) is 16.2. The highest BCUT2D eigenvalue weighted by molar-refractivity contribution is 7.89. The molecule has 8 nitrogen and oxygen atoms in total. The van der Waals surface area contributed by atoms with E-state index in [1.807, 2.05) is 32.0 Å². The van der Waals surface area contributed by atoms with Gasteiger partial charge in [-0.1, -0.05) is 23.5 Å². The molecule has 1 saturated heterocycles. The predicted molar refractivity (Wildman–Crippen MR) is 144 cm³/mol. The van der Waals surface area contributed by atoms with Crippen LogP contribution in [-0.2, 0) is 21.4 Å². The van der Waals surface area contributed by atoms with E-state index in [0.717, 1.165) is 26.9 Å². The SMILES string of the molecule is COc1ccc(S(=O)(=O)N2CCCC2C(=O)N(Cc2cccnc2)c2nc3cc(C)cc(C)c3s2)cc1. The van der Waals surface area contributed by atoms with Crippen molar-refractivity contribution in [1.29, 1.82) is 0 Å². The van der Waals surface area contributed by atoms with Gasteiger partial charge in [-0.15, -0.1) is 0 Å². The van der Waals surface area contributed by atoms with Gasteiger partial charge in [-0.2, -0.15) is 4.31 Å². The van der Waals surface area contributed by atoms with Crippen LogP contribution in [0, 0.1) is 13.8 Å². The number of amides is 1. The van der Waals surface area contributed by atoms with Crippen LogP contribution in [0.5, 0.6) is 5.75 Å². The van der Waals surface area contributed by atoms with E-state index < -0.39 is 16.1 Å². The summed E-state index contributed by atoms with van der Waals surface area (Å²) in [5.74, 6) is 0.281. The molecule has 2 aromatic carbocycles. The summed E-state index contributed by atoms with van der Waals surface area (Å²) in [4.78, 5) is 24.9. The molecule has 1 unspecified atom stereocenters. The van der Waals surface area contributed by atoms with Crippen molar-refractivity contribution in [3.8, 4) is 5.75 Å². The minimum absolute atomic E-state index is 0.137. The van der Waals surface area contributed by atoms with E-state index >= 15 is 0 Å². The van der Waals surface area contributed by atoms with Gasteiger partial charge in [0.15, 0.2) is 5.13 Å². The minimum atomic E-state index is -3.88. The van der Waals surface area contributed by atoms with Crippen LogP contribution in [0.2, 0.25) is 0 Å². The molecule has 0 bridgehead atoms. The number of thiazole rings is 1. The Labute approximate surface area is 220 Å². The Morgan fingerprint density at radius 2 is 1.97 bits per heavy atom. The van der Waals surface area contributed by atoms with Gasteiger partial charge in [-0.3, -0.25) is 14.7 Å². The van der Waals surface area contributed by atoms with Crippen molar-refractivity contribution < 1.29 is 17.9 Å². The first-order valence-corrected chi connectivity index (χ1v) is 14.3. The smallest absolute Gasteiger partial charge is 0.247 e. The molecule has 1 fully saturated rings. The topological polar surface area (TPSA) is 92.7 Å². The lowest BCUT2D eigenvalue weighted by Crippen LogP contribution is -2.47. The summed E-state index contributed by atoms with van der Waals surface area (Å²) in [6.07, 6.45) is 4.44. The first-order valence-electron chi connectivity index (χ1n) is 12.0. The van der Waals surface area contributed by atoms with Gasteiger partial charge in [0.1, 0.15) is 11.8 Å². The van der Waals surface area contributed by atoms with Gasteiger partial charge in [-0.25, -0.2) is 13.4 Å². The predicted octanol–water partition coefficient (Wildman–Crippen LogP) is 4.70. The van der Waals surface area contributed by atoms with Crippen molar-refractivity contribution in [2.45, 2.75) is 44.2 Å². The van der Waals surface area contributed by atoms with Crippen molar-refractivity contribution in [1.82, 2.24) is 14.3 Å². The maximum absolute atomic E-state index is 14.1. The van der Waals surface area contributed by atoms with Crippen LogP contribution < -0.4 is 9.64 Å². The van der Waals surface area contributed by atoms with Crippen LogP contribution >= 0.6 is 11.3 Å². The molecule has 37 heavy (non-hydrogen) atoms. The Morgan fingerprint density at radius 3 is 2.68 bits per heavy atom. The van der Waals surface area contributed by atoms with Gasteiger partial charge in [0.25, 0.3) is 0 Å². The Balaban J connectivity index is 1.52. The maximum atomic E-state index is 14.1. The molecular formula is C27H28N4O4S2. The first kappa shape index (κ1) is 25.3. The second-order valence-electron chi connectivity index (χ2n) is 9.16. The number of ether oxygens (including phenoxy) is 1. The number of aromatic nitrogens is 2. The number of pyridine rings is 1. The van der Waals surface area contributed by atoms with E-state index in [0.29, 0.717) is 23.7 Å². The van der Waals surface area contributed by atoms with E-state index in [9.17, 15) is 13.2 Å². The lowest BCUT2D eigenvalue weighted by Gasteiger charge is -2.28. The van der Waals surface area contributed by atoms with Crippen molar-refractivity contribution in [2.75, 3.05) is 18.6 Å². The summed E-state index contributed by atoms with van der Waals surface area (Å²) in [7, 11) is -2.35. The Kier molecular flexibility index (Phi) is 6.98. The fourth-order valence-corrected chi connectivity index (χ4v) is 7.40. The number of rotatable bonds is 7. The molecule has 0 aliphatic carbocycles. The zero-order chi connectivity index (χ0) is 26.2. The Hall–Kier alpha value is -3.34. The quantitative estimate of drug-likeness (QED) is 0.340. The standard InChI is InChI=1S/C27H28N4O4S2/c1-18-14-19(2)25-23(15-18)29-27(36-25)30(17-20-6-4-12-28-16-20)26(32)24-7-5-13-31(24)37(33,34)22-10-8-21(35-3)9-11-22/h4,6,8-12,14-16,24H,5,7,13,17H2,1-3H3. The molecule has 0 N–H and O–H groups in total. The summed E-state index contributed by atoms with van der Waals surface area (Å²) in [6, 6.07) is 13.2. The molecule has 2 aromatic heterocycles. The molecule has 4 aromatic rings. The van der Waals surface area contributed by atoms with E-state index in [2.05, 4.69) is 11.1 Å². The molecule has 1 aliphatic heterocycles. The molecule has 0 radical (unpaired) electrons. The van der Waals surface area contributed by atoms with Gasteiger partial charge >= 0.3 is 0 Å². The number of sulfonamides is 1. The molecule has 1 amide bonds. The highest BCUT2D eigenvalue weighted by Gasteiger charge is 2.42.